The summed E-state index contributed by atoms with van der Waals surface area (Å²) in [7, 11) is 1.88. The summed E-state index contributed by atoms with van der Waals surface area (Å²) in [5, 5.41) is 0. The Morgan fingerprint density at radius 3 is 2.19 bits per heavy atom. The van der Waals surface area contributed by atoms with Crippen molar-refractivity contribution in [2.75, 3.05) is 7.05 Å². The lowest BCUT2D eigenvalue weighted by Crippen LogP contribution is -2.47. The van der Waals surface area contributed by atoms with Gasteiger partial charge in [-0.25, -0.2) is 0 Å². The fraction of sp³-hybridized carbons (Fsp3) is 0.917. The van der Waals surface area contributed by atoms with E-state index in [-0.39, 0.29) is 24.4 Å². The lowest BCUT2D eigenvalue weighted by atomic mass is 9.75. The molecule has 1 saturated carbocycles. The van der Waals surface area contributed by atoms with Crippen LogP contribution in [0.2, 0.25) is 0 Å². The van der Waals surface area contributed by atoms with Gasteiger partial charge in [-0.15, -0.1) is 12.4 Å². The first-order chi connectivity index (χ1) is 6.83. The smallest absolute Gasteiger partial charge is 0.239 e. The Hall–Kier alpha value is -0.280. The molecule has 0 saturated heterocycles. The largest absolute Gasteiger partial charge is 0.341 e. The fourth-order valence-electron chi connectivity index (χ4n) is 2.27. The standard InChI is InChI=1S/C12H24N2O.ClH/c1-9(13)11(15)14(4)10-5-7-12(2,3)8-6-10;/h9-10H,5-8,13H2,1-4H3;1H/t9-;/m1./s1. The normalized spacial score (nSPS) is 22.1. The van der Waals surface area contributed by atoms with Crippen LogP contribution in [-0.4, -0.2) is 29.9 Å². The highest BCUT2D eigenvalue weighted by molar-refractivity contribution is 5.85. The Morgan fingerprint density at radius 2 is 1.81 bits per heavy atom. The van der Waals surface area contributed by atoms with Crippen LogP contribution in [0.5, 0.6) is 0 Å². The molecule has 3 nitrogen and oxygen atoms in total. The molecule has 2 N–H and O–H groups in total. The van der Waals surface area contributed by atoms with E-state index in [0.29, 0.717) is 11.5 Å². The first-order valence-corrected chi connectivity index (χ1v) is 5.86. The summed E-state index contributed by atoms with van der Waals surface area (Å²) < 4.78 is 0. The molecule has 0 unspecified atom stereocenters. The molecule has 0 radical (unpaired) electrons. The number of carbonyl (C=O) groups is 1. The lowest BCUT2D eigenvalue weighted by Gasteiger charge is -2.39. The van der Waals surface area contributed by atoms with Gasteiger partial charge in [0.2, 0.25) is 5.91 Å². The number of amides is 1. The summed E-state index contributed by atoms with van der Waals surface area (Å²) in [5.41, 5.74) is 6.06. The van der Waals surface area contributed by atoms with Crippen molar-refractivity contribution in [3.8, 4) is 0 Å². The molecule has 0 aromatic carbocycles. The molecule has 0 bridgehead atoms. The van der Waals surface area contributed by atoms with Crippen LogP contribution in [0.25, 0.3) is 0 Å². The van der Waals surface area contributed by atoms with Crippen LogP contribution in [0.15, 0.2) is 0 Å². The average molecular weight is 249 g/mol. The van der Waals surface area contributed by atoms with Gasteiger partial charge < -0.3 is 10.6 Å². The average Bonchev–Trinajstić information content (AvgIpc) is 2.15. The number of halogens is 1. The Labute approximate surface area is 105 Å². The minimum atomic E-state index is -0.370. The first-order valence-electron chi connectivity index (χ1n) is 5.86. The van der Waals surface area contributed by atoms with Crippen LogP contribution >= 0.6 is 12.4 Å². The van der Waals surface area contributed by atoms with E-state index in [2.05, 4.69) is 13.8 Å². The Morgan fingerprint density at radius 1 is 1.38 bits per heavy atom. The number of rotatable bonds is 2. The van der Waals surface area contributed by atoms with Gasteiger partial charge in [0.1, 0.15) is 0 Å². The molecule has 0 spiro atoms. The third kappa shape index (κ3) is 3.95. The van der Waals surface area contributed by atoms with Gasteiger partial charge in [0.15, 0.2) is 0 Å². The molecular formula is C12H25ClN2O. The van der Waals surface area contributed by atoms with Gasteiger partial charge >= 0.3 is 0 Å². The predicted molar refractivity (Wildman–Crippen MR) is 69.7 cm³/mol. The monoisotopic (exact) mass is 248 g/mol. The molecular weight excluding hydrogens is 224 g/mol. The van der Waals surface area contributed by atoms with Crippen LogP contribution in [0.3, 0.4) is 0 Å². The van der Waals surface area contributed by atoms with Crippen LogP contribution in [-0.2, 0) is 4.79 Å². The second kappa shape index (κ2) is 5.87. The predicted octanol–water partition coefficient (Wildman–Crippen LogP) is 2.18. The minimum Gasteiger partial charge on any atom is -0.341 e. The molecule has 1 rings (SSSR count). The highest BCUT2D eigenvalue weighted by Crippen LogP contribution is 2.36. The molecule has 1 aliphatic carbocycles. The minimum absolute atomic E-state index is 0. The van der Waals surface area contributed by atoms with E-state index in [1.807, 2.05) is 11.9 Å². The van der Waals surface area contributed by atoms with Crippen molar-refractivity contribution in [3.05, 3.63) is 0 Å². The van der Waals surface area contributed by atoms with Crippen molar-refractivity contribution in [3.63, 3.8) is 0 Å². The summed E-state index contributed by atoms with van der Waals surface area (Å²) in [5.74, 6) is 0.0692. The van der Waals surface area contributed by atoms with Gasteiger partial charge in [-0.1, -0.05) is 13.8 Å². The number of hydrogen-bond acceptors (Lipinski definition) is 2. The summed E-state index contributed by atoms with van der Waals surface area (Å²) in [6, 6.07) is 0.0291. The number of hydrogen-bond donors (Lipinski definition) is 1. The van der Waals surface area contributed by atoms with Gasteiger partial charge in [0.25, 0.3) is 0 Å². The molecule has 0 aliphatic heterocycles. The summed E-state index contributed by atoms with van der Waals surface area (Å²) in [6.45, 7) is 6.36. The van der Waals surface area contributed by atoms with E-state index in [9.17, 15) is 4.79 Å². The Kier molecular flexibility index (Phi) is 5.77. The fourth-order valence-corrected chi connectivity index (χ4v) is 2.27. The Bertz CT molecular complexity index is 231. The van der Waals surface area contributed by atoms with Crippen molar-refractivity contribution in [2.24, 2.45) is 11.1 Å². The zero-order chi connectivity index (χ0) is 11.6. The number of carbonyl (C=O) groups excluding carboxylic acids is 1. The van der Waals surface area contributed by atoms with E-state index in [1.165, 1.54) is 12.8 Å². The van der Waals surface area contributed by atoms with Crippen LogP contribution < -0.4 is 5.73 Å². The van der Waals surface area contributed by atoms with Gasteiger partial charge in [-0.2, -0.15) is 0 Å². The molecule has 0 aromatic rings. The van der Waals surface area contributed by atoms with E-state index in [0.717, 1.165) is 12.8 Å². The number of nitrogens with zero attached hydrogens (tertiary/aromatic N) is 1. The lowest BCUT2D eigenvalue weighted by molar-refractivity contribution is -0.134. The zero-order valence-corrected chi connectivity index (χ0v) is 11.6. The Balaban J connectivity index is 0.00000225. The number of likely N-dealkylation sites (N-methyl/N-ethyl adjacent to an activating group) is 1. The molecule has 4 heteroatoms. The maximum absolute atomic E-state index is 11.7. The van der Waals surface area contributed by atoms with Crippen LogP contribution in [0, 0.1) is 5.41 Å². The molecule has 1 atom stereocenters. The van der Waals surface area contributed by atoms with Crippen molar-refractivity contribution < 1.29 is 4.79 Å². The second-order valence-corrected chi connectivity index (χ2v) is 5.63. The van der Waals surface area contributed by atoms with Crippen molar-refractivity contribution in [2.45, 2.75) is 58.5 Å². The van der Waals surface area contributed by atoms with Crippen LogP contribution in [0.1, 0.15) is 46.5 Å². The maximum Gasteiger partial charge on any atom is 0.239 e. The third-order valence-corrected chi connectivity index (χ3v) is 3.59. The van der Waals surface area contributed by atoms with Gasteiger partial charge in [-0.3, -0.25) is 4.79 Å². The molecule has 1 aliphatic rings. The van der Waals surface area contributed by atoms with Gasteiger partial charge in [0, 0.05) is 13.1 Å². The SMILES string of the molecule is C[C@@H](N)C(=O)N(C)C1CCC(C)(C)CC1.Cl. The number of nitrogens with two attached hydrogens (primary N) is 1. The van der Waals surface area contributed by atoms with E-state index in [4.69, 9.17) is 5.73 Å². The molecule has 96 valence electrons. The van der Waals surface area contributed by atoms with Crippen LogP contribution in [0.4, 0.5) is 0 Å². The quantitative estimate of drug-likeness (QED) is 0.814. The molecule has 1 fully saturated rings. The summed E-state index contributed by atoms with van der Waals surface area (Å²) in [4.78, 5) is 13.6. The highest BCUT2D eigenvalue weighted by atomic mass is 35.5. The first kappa shape index (κ1) is 15.7. The van der Waals surface area contributed by atoms with E-state index >= 15 is 0 Å². The van der Waals surface area contributed by atoms with E-state index < -0.39 is 0 Å². The topological polar surface area (TPSA) is 46.3 Å². The summed E-state index contributed by atoms with van der Waals surface area (Å²) >= 11 is 0. The van der Waals surface area contributed by atoms with Gasteiger partial charge in [0.05, 0.1) is 6.04 Å². The van der Waals surface area contributed by atoms with Crippen molar-refractivity contribution in [1.29, 1.82) is 0 Å². The zero-order valence-electron chi connectivity index (χ0n) is 10.8. The van der Waals surface area contributed by atoms with Gasteiger partial charge in [-0.05, 0) is 38.0 Å². The molecule has 0 aromatic heterocycles. The molecule has 16 heavy (non-hydrogen) atoms. The van der Waals surface area contributed by atoms with E-state index in [1.54, 1.807) is 6.92 Å². The second-order valence-electron chi connectivity index (χ2n) is 5.63. The summed E-state index contributed by atoms with van der Waals surface area (Å²) in [6.07, 6.45) is 4.63. The maximum atomic E-state index is 11.7. The molecule has 0 heterocycles. The highest BCUT2D eigenvalue weighted by Gasteiger charge is 2.31. The van der Waals surface area contributed by atoms with Crippen molar-refractivity contribution in [1.82, 2.24) is 4.90 Å². The van der Waals surface area contributed by atoms with Crippen molar-refractivity contribution >= 4 is 18.3 Å². The third-order valence-electron chi connectivity index (χ3n) is 3.59. The molecule has 1 amide bonds.